The maximum atomic E-state index is 12.2. The van der Waals surface area contributed by atoms with E-state index in [0.29, 0.717) is 16.3 Å². The molecule has 0 aliphatic rings. The number of Topliss-reactive ketones (excluding diaryl/α,β-unsaturated/α-hetero) is 1. The predicted molar refractivity (Wildman–Crippen MR) is 80.0 cm³/mol. The maximum absolute atomic E-state index is 12.2. The molecule has 1 unspecified atom stereocenters. The van der Waals surface area contributed by atoms with Crippen LogP contribution in [-0.2, 0) is 0 Å². The summed E-state index contributed by atoms with van der Waals surface area (Å²) >= 11 is 9.22. The molecule has 0 spiro atoms. The number of ketones is 1. The van der Waals surface area contributed by atoms with Crippen LogP contribution in [0.3, 0.4) is 0 Å². The van der Waals surface area contributed by atoms with Crippen LogP contribution in [0.4, 0.5) is 0 Å². The van der Waals surface area contributed by atoms with Crippen molar-refractivity contribution in [2.24, 2.45) is 0 Å². The second kappa shape index (κ2) is 6.22. The third-order valence-corrected chi connectivity index (χ3v) is 3.37. The SMILES string of the molecule is CC(Oc1ccc(Br)cc1)C(=O)c1cccc(Cl)c1. The molecule has 19 heavy (non-hydrogen) atoms. The van der Waals surface area contributed by atoms with Gasteiger partial charge in [-0.25, -0.2) is 0 Å². The molecular weight excluding hydrogens is 328 g/mol. The Bertz CT molecular complexity index is 581. The van der Waals surface area contributed by atoms with E-state index in [9.17, 15) is 4.79 Å². The van der Waals surface area contributed by atoms with Crippen LogP contribution in [0.15, 0.2) is 53.0 Å². The van der Waals surface area contributed by atoms with Crippen LogP contribution in [0.1, 0.15) is 17.3 Å². The molecule has 2 rings (SSSR count). The predicted octanol–water partition coefficient (Wildman–Crippen LogP) is 4.75. The lowest BCUT2D eigenvalue weighted by molar-refractivity contribution is 0.0818. The van der Waals surface area contributed by atoms with Gasteiger partial charge in [0.25, 0.3) is 0 Å². The molecule has 0 saturated heterocycles. The molecule has 0 amide bonds. The number of ether oxygens (including phenoxy) is 1. The minimum absolute atomic E-state index is 0.0922. The molecule has 1 atom stereocenters. The van der Waals surface area contributed by atoms with Crippen LogP contribution in [0, 0.1) is 0 Å². The van der Waals surface area contributed by atoms with E-state index in [-0.39, 0.29) is 5.78 Å². The summed E-state index contributed by atoms with van der Waals surface area (Å²) in [6.45, 7) is 1.73. The van der Waals surface area contributed by atoms with E-state index < -0.39 is 6.10 Å². The minimum atomic E-state index is -0.556. The summed E-state index contributed by atoms with van der Waals surface area (Å²) in [5, 5.41) is 0.543. The van der Waals surface area contributed by atoms with Gasteiger partial charge in [-0.1, -0.05) is 39.7 Å². The molecular formula is C15H12BrClO2. The van der Waals surface area contributed by atoms with Crippen LogP contribution in [0.5, 0.6) is 5.75 Å². The van der Waals surface area contributed by atoms with Gasteiger partial charge < -0.3 is 4.74 Å². The van der Waals surface area contributed by atoms with Gasteiger partial charge in [0, 0.05) is 15.1 Å². The lowest BCUT2D eigenvalue weighted by Crippen LogP contribution is -2.23. The van der Waals surface area contributed by atoms with Crippen molar-refractivity contribution in [1.82, 2.24) is 0 Å². The first kappa shape index (κ1) is 14.1. The van der Waals surface area contributed by atoms with Crippen molar-refractivity contribution < 1.29 is 9.53 Å². The molecule has 98 valence electrons. The van der Waals surface area contributed by atoms with Crippen LogP contribution in [0.2, 0.25) is 5.02 Å². The molecule has 4 heteroatoms. The summed E-state index contributed by atoms with van der Waals surface area (Å²) in [6.07, 6.45) is -0.556. The zero-order valence-electron chi connectivity index (χ0n) is 10.3. The standard InChI is InChI=1S/C15H12BrClO2/c1-10(19-14-7-5-12(16)6-8-14)15(18)11-3-2-4-13(17)9-11/h2-10H,1H3. The molecule has 0 bridgehead atoms. The summed E-state index contributed by atoms with van der Waals surface area (Å²) < 4.78 is 6.58. The Morgan fingerprint density at radius 1 is 1.21 bits per heavy atom. The molecule has 0 radical (unpaired) electrons. The van der Waals surface area contributed by atoms with Crippen LogP contribution < -0.4 is 4.74 Å². The van der Waals surface area contributed by atoms with Crippen molar-refractivity contribution in [2.45, 2.75) is 13.0 Å². The summed E-state index contributed by atoms with van der Waals surface area (Å²) in [5.74, 6) is 0.566. The molecule has 2 aromatic rings. The average Bonchev–Trinajstić information content (AvgIpc) is 2.40. The molecule has 0 aliphatic heterocycles. The van der Waals surface area contributed by atoms with Gasteiger partial charge in [0.15, 0.2) is 6.10 Å². The summed E-state index contributed by atoms with van der Waals surface area (Å²) in [6, 6.07) is 14.2. The van der Waals surface area contributed by atoms with E-state index in [4.69, 9.17) is 16.3 Å². The first-order valence-electron chi connectivity index (χ1n) is 5.78. The average molecular weight is 340 g/mol. The molecule has 0 fully saturated rings. The van der Waals surface area contributed by atoms with Gasteiger partial charge in [-0.05, 0) is 43.3 Å². The fourth-order valence-corrected chi connectivity index (χ4v) is 2.10. The number of hydrogen-bond donors (Lipinski definition) is 0. The number of rotatable bonds is 4. The molecule has 0 aromatic heterocycles. The van der Waals surface area contributed by atoms with E-state index in [1.807, 2.05) is 24.3 Å². The van der Waals surface area contributed by atoms with Gasteiger partial charge in [0.2, 0.25) is 5.78 Å². The second-order valence-corrected chi connectivity index (χ2v) is 5.44. The van der Waals surface area contributed by atoms with Crippen molar-refractivity contribution in [2.75, 3.05) is 0 Å². The highest BCUT2D eigenvalue weighted by atomic mass is 79.9. The number of hydrogen-bond acceptors (Lipinski definition) is 2. The van der Waals surface area contributed by atoms with Crippen molar-refractivity contribution in [3.63, 3.8) is 0 Å². The summed E-state index contributed by atoms with van der Waals surface area (Å²) in [5.41, 5.74) is 0.553. The maximum Gasteiger partial charge on any atom is 0.203 e. The van der Waals surface area contributed by atoms with Gasteiger partial charge in [-0.2, -0.15) is 0 Å². The fraction of sp³-hybridized carbons (Fsp3) is 0.133. The Labute approximate surface area is 125 Å². The number of halogens is 2. The van der Waals surface area contributed by atoms with Crippen LogP contribution in [0.25, 0.3) is 0 Å². The summed E-state index contributed by atoms with van der Waals surface area (Å²) in [4.78, 5) is 12.2. The van der Waals surface area contributed by atoms with Gasteiger partial charge in [-0.3, -0.25) is 4.79 Å². The molecule has 0 aliphatic carbocycles. The van der Waals surface area contributed by atoms with E-state index >= 15 is 0 Å². The quantitative estimate of drug-likeness (QED) is 0.751. The molecule has 0 saturated carbocycles. The lowest BCUT2D eigenvalue weighted by atomic mass is 10.1. The summed E-state index contributed by atoms with van der Waals surface area (Å²) in [7, 11) is 0. The first-order chi connectivity index (χ1) is 9.06. The van der Waals surface area contributed by atoms with Crippen LogP contribution in [-0.4, -0.2) is 11.9 Å². The van der Waals surface area contributed by atoms with E-state index in [0.717, 1.165) is 4.47 Å². The van der Waals surface area contributed by atoms with E-state index in [1.54, 1.807) is 31.2 Å². The minimum Gasteiger partial charge on any atom is -0.483 e. The van der Waals surface area contributed by atoms with Gasteiger partial charge in [0.05, 0.1) is 0 Å². The smallest absolute Gasteiger partial charge is 0.203 e. The third-order valence-electron chi connectivity index (χ3n) is 2.60. The topological polar surface area (TPSA) is 26.3 Å². The zero-order chi connectivity index (χ0) is 13.8. The largest absolute Gasteiger partial charge is 0.483 e. The van der Waals surface area contributed by atoms with Gasteiger partial charge in [0.1, 0.15) is 5.75 Å². The Hall–Kier alpha value is -1.32. The van der Waals surface area contributed by atoms with Crippen molar-refractivity contribution in [1.29, 1.82) is 0 Å². The highest BCUT2D eigenvalue weighted by Crippen LogP contribution is 2.19. The van der Waals surface area contributed by atoms with Gasteiger partial charge in [-0.15, -0.1) is 0 Å². The van der Waals surface area contributed by atoms with Crippen molar-refractivity contribution >= 4 is 33.3 Å². The highest BCUT2D eigenvalue weighted by Gasteiger charge is 2.17. The normalized spacial score (nSPS) is 11.9. The molecule has 0 heterocycles. The Morgan fingerprint density at radius 2 is 1.89 bits per heavy atom. The van der Waals surface area contributed by atoms with Gasteiger partial charge >= 0.3 is 0 Å². The van der Waals surface area contributed by atoms with Crippen LogP contribution >= 0.6 is 27.5 Å². The van der Waals surface area contributed by atoms with Crippen molar-refractivity contribution in [3.05, 3.63) is 63.6 Å². The molecule has 2 nitrogen and oxygen atoms in total. The Balaban J connectivity index is 2.09. The monoisotopic (exact) mass is 338 g/mol. The fourth-order valence-electron chi connectivity index (χ4n) is 1.65. The molecule has 0 N–H and O–H groups in total. The van der Waals surface area contributed by atoms with E-state index in [1.165, 1.54) is 0 Å². The van der Waals surface area contributed by atoms with E-state index in [2.05, 4.69) is 15.9 Å². The number of carbonyl (C=O) groups excluding carboxylic acids is 1. The lowest BCUT2D eigenvalue weighted by Gasteiger charge is -2.13. The Kier molecular flexibility index (Phi) is 4.61. The first-order valence-corrected chi connectivity index (χ1v) is 6.95. The molecule has 2 aromatic carbocycles. The highest BCUT2D eigenvalue weighted by molar-refractivity contribution is 9.10. The third kappa shape index (κ3) is 3.82. The Morgan fingerprint density at radius 3 is 2.53 bits per heavy atom. The number of benzene rings is 2. The second-order valence-electron chi connectivity index (χ2n) is 4.09. The van der Waals surface area contributed by atoms with Crippen molar-refractivity contribution in [3.8, 4) is 5.75 Å². The number of carbonyl (C=O) groups is 1. The zero-order valence-corrected chi connectivity index (χ0v) is 12.6.